The minimum Gasteiger partial charge on any atom is -0.204 e. The summed E-state index contributed by atoms with van der Waals surface area (Å²) in [5.41, 5.74) is -1.02. The van der Waals surface area contributed by atoms with Gasteiger partial charge in [0.25, 0.3) is 0 Å². The lowest BCUT2D eigenvalue weighted by atomic mass is 10.1. The Kier molecular flexibility index (Phi) is 8.61. The summed E-state index contributed by atoms with van der Waals surface area (Å²) in [7, 11) is 0. The summed E-state index contributed by atoms with van der Waals surface area (Å²) in [6.07, 6.45) is 0.566. The molecule has 10 heteroatoms. The van der Waals surface area contributed by atoms with Crippen molar-refractivity contribution in [3.05, 3.63) is 89.5 Å². The Hall–Kier alpha value is -2.78. The van der Waals surface area contributed by atoms with Crippen molar-refractivity contribution >= 4 is 6.08 Å². The summed E-state index contributed by atoms with van der Waals surface area (Å²) in [6.45, 7) is 8.93. The molecule has 0 atom stereocenters. The molecule has 0 heterocycles. The fourth-order valence-corrected chi connectivity index (χ4v) is 1.35. The van der Waals surface area contributed by atoms with E-state index in [1.54, 1.807) is 0 Å². The number of hydrogen-bond donors (Lipinski definition) is 0. The SMILES string of the molecule is C=C.C=Cc1c(F)c(F)c(F)c(F)c1F.Fc1cc(F)c(F)c(F)c1F. The van der Waals surface area contributed by atoms with Crippen LogP contribution in [0.5, 0.6) is 0 Å². The summed E-state index contributed by atoms with van der Waals surface area (Å²) < 4.78 is 122. The number of rotatable bonds is 1. The van der Waals surface area contributed by atoms with Gasteiger partial charge in [0.15, 0.2) is 46.5 Å². The molecule has 0 bridgehead atoms. The minimum absolute atomic E-state index is 0.0618. The predicted molar refractivity (Wildman–Crippen MR) is 73.8 cm³/mol. The summed E-state index contributed by atoms with van der Waals surface area (Å²) in [6, 6.07) is -0.0618. The van der Waals surface area contributed by atoms with Gasteiger partial charge < -0.3 is 0 Å². The molecular formula is C16H8F10. The molecule has 0 nitrogen and oxygen atoms in total. The smallest absolute Gasteiger partial charge is 0.200 e. The van der Waals surface area contributed by atoms with Gasteiger partial charge in [-0.15, -0.1) is 13.2 Å². The topological polar surface area (TPSA) is 0 Å². The monoisotopic (exact) mass is 390 g/mol. The second-order valence-electron chi connectivity index (χ2n) is 3.97. The zero-order chi connectivity index (χ0) is 20.8. The first kappa shape index (κ1) is 23.2. The van der Waals surface area contributed by atoms with Gasteiger partial charge in [-0.1, -0.05) is 12.7 Å². The molecule has 0 aliphatic rings. The first-order valence-corrected chi connectivity index (χ1v) is 6.16. The van der Waals surface area contributed by atoms with E-state index in [1.165, 1.54) is 0 Å². The molecule has 0 aromatic heterocycles. The summed E-state index contributed by atoms with van der Waals surface area (Å²) in [4.78, 5) is 0. The summed E-state index contributed by atoms with van der Waals surface area (Å²) in [5, 5.41) is 0. The van der Waals surface area contributed by atoms with Crippen molar-refractivity contribution in [3.8, 4) is 0 Å². The van der Waals surface area contributed by atoms with Gasteiger partial charge in [0.2, 0.25) is 11.6 Å². The predicted octanol–water partition coefficient (Wildman–Crippen LogP) is 6.21. The Labute approximate surface area is 140 Å². The van der Waals surface area contributed by atoms with Crippen molar-refractivity contribution in [1.82, 2.24) is 0 Å². The average molecular weight is 390 g/mol. The highest BCUT2D eigenvalue weighted by Crippen LogP contribution is 2.23. The van der Waals surface area contributed by atoms with E-state index in [4.69, 9.17) is 0 Å². The number of hydrogen-bond acceptors (Lipinski definition) is 0. The van der Waals surface area contributed by atoms with Crippen molar-refractivity contribution in [2.45, 2.75) is 0 Å². The third-order valence-corrected chi connectivity index (χ3v) is 2.51. The van der Waals surface area contributed by atoms with Crippen LogP contribution in [0.15, 0.2) is 25.8 Å². The first-order valence-electron chi connectivity index (χ1n) is 6.16. The maximum Gasteiger partial charge on any atom is 0.200 e. The molecule has 0 fully saturated rings. The standard InChI is InChI=1S/C8H3F5.C6HF5.C2H4/c1-2-3-4(9)6(11)8(13)7(12)5(3)10;7-2-1-3(8)5(10)6(11)4(2)9;1-2/h2H,1H2;1H;1-2H2. The van der Waals surface area contributed by atoms with Gasteiger partial charge in [-0.05, 0) is 0 Å². The van der Waals surface area contributed by atoms with Crippen LogP contribution in [0.2, 0.25) is 0 Å². The normalized spacial score (nSPS) is 9.62. The van der Waals surface area contributed by atoms with E-state index < -0.39 is 63.7 Å². The first-order chi connectivity index (χ1) is 12.0. The fraction of sp³-hybridized carbons (Fsp3) is 0. The summed E-state index contributed by atoms with van der Waals surface area (Å²) >= 11 is 0. The van der Waals surface area contributed by atoms with Crippen LogP contribution in [0.1, 0.15) is 5.56 Å². The zero-order valence-corrected chi connectivity index (χ0v) is 12.6. The highest BCUT2D eigenvalue weighted by molar-refractivity contribution is 5.49. The quantitative estimate of drug-likeness (QED) is 0.235. The highest BCUT2D eigenvalue weighted by atomic mass is 19.2. The van der Waals surface area contributed by atoms with Crippen LogP contribution in [0, 0.1) is 58.2 Å². The van der Waals surface area contributed by atoms with E-state index in [0.717, 1.165) is 0 Å². The average Bonchev–Trinajstić information content (AvgIpc) is 2.64. The lowest BCUT2D eigenvalue weighted by molar-refractivity contribution is 0.377. The molecule has 0 N–H and O–H groups in total. The number of halogens is 10. The number of benzene rings is 2. The van der Waals surface area contributed by atoms with E-state index in [1.807, 2.05) is 0 Å². The van der Waals surface area contributed by atoms with Crippen molar-refractivity contribution in [3.63, 3.8) is 0 Å². The molecule has 0 saturated carbocycles. The molecule has 0 radical (unpaired) electrons. The van der Waals surface area contributed by atoms with E-state index in [2.05, 4.69) is 19.7 Å². The molecule has 0 spiro atoms. The van der Waals surface area contributed by atoms with Crippen LogP contribution in [-0.4, -0.2) is 0 Å². The lowest BCUT2D eigenvalue weighted by Gasteiger charge is -2.02. The van der Waals surface area contributed by atoms with Gasteiger partial charge in [0.1, 0.15) is 0 Å². The molecule has 0 amide bonds. The maximum atomic E-state index is 12.6. The van der Waals surface area contributed by atoms with Gasteiger partial charge in [0, 0.05) is 6.07 Å². The molecule has 26 heavy (non-hydrogen) atoms. The molecule has 2 aromatic rings. The van der Waals surface area contributed by atoms with E-state index in [9.17, 15) is 43.9 Å². The lowest BCUT2D eigenvalue weighted by Crippen LogP contribution is -2.03. The Morgan fingerprint density at radius 1 is 0.500 bits per heavy atom. The van der Waals surface area contributed by atoms with Crippen molar-refractivity contribution in [1.29, 1.82) is 0 Å². The van der Waals surface area contributed by atoms with Gasteiger partial charge >= 0.3 is 0 Å². The summed E-state index contributed by atoms with van der Waals surface area (Å²) in [5.74, 6) is -19.5. The molecule has 2 aromatic carbocycles. The third-order valence-electron chi connectivity index (χ3n) is 2.51. The van der Waals surface area contributed by atoms with E-state index in [0.29, 0.717) is 6.08 Å². The van der Waals surface area contributed by atoms with Crippen LogP contribution >= 0.6 is 0 Å². The zero-order valence-electron chi connectivity index (χ0n) is 12.6. The van der Waals surface area contributed by atoms with Crippen molar-refractivity contribution in [2.75, 3.05) is 0 Å². The van der Waals surface area contributed by atoms with E-state index in [-0.39, 0.29) is 6.07 Å². The van der Waals surface area contributed by atoms with E-state index >= 15 is 0 Å². The Balaban J connectivity index is 0.000000444. The van der Waals surface area contributed by atoms with Gasteiger partial charge in [-0.25, -0.2) is 43.9 Å². The molecule has 0 saturated heterocycles. The molecule has 142 valence electrons. The molecule has 2 rings (SSSR count). The van der Waals surface area contributed by atoms with Gasteiger partial charge in [-0.3, -0.25) is 0 Å². The minimum atomic E-state index is -2.17. The second-order valence-corrected chi connectivity index (χ2v) is 3.97. The van der Waals surface area contributed by atoms with Gasteiger partial charge in [0.05, 0.1) is 5.56 Å². The van der Waals surface area contributed by atoms with Crippen LogP contribution in [-0.2, 0) is 0 Å². The Morgan fingerprint density at radius 3 is 1.08 bits per heavy atom. The molecule has 0 unspecified atom stereocenters. The molecule has 0 aliphatic carbocycles. The molecule has 0 aliphatic heterocycles. The van der Waals surface area contributed by atoms with Crippen LogP contribution in [0.3, 0.4) is 0 Å². The maximum absolute atomic E-state index is 12.6. The second kappa shape index (κ2) is 9.64. The Bertz CT molecular complexity index is 758. The van der Waals surface area contributed by atoms with Crippen molar-refractivity contribution < 1.29 is 43.9 Å². The van der Waals surface area contributed by atoms with Crippen LogP contribution < -0.4 is 0 Å². The van der Waals surface area contributed by atoms with Crippen LogP contribution in [0.4, 0.5) is 43.9 Å². The largest absolute Gasteiger partial charge is 0.204 e. The highest BCUT2D eigenvalue weighted by Gasteiger charge is 2.23. The van der Waals surface area contributed by atoms with Gasteiger partial charge in [-0.2, -0.15) is 0 Å². The van der Waals surface area contributed by atoms with Crippen LogP contribution in [0.25, 0.3) is 6.08 Å². The fourth-order valence-electron chi connectivity index (χ4n) is 1.35. The molecular weight excluding hydrogens is 382 g/mol. The Morgan fingerprint density at radius 2 is 0.769 bits per heavy atom. The third kappa shape index (κ3) is 4.64. The van der Waals surface area contributed by atoms with Crippen molar-refractivity contribution in [2.24, 2.45) is 0 Å².